The van der Waals surface area contributed by atoms with E-state index in [1.165, 1.54) is 6.20 Å². The molecule has 2 N–H and O–H groups in total. The lowest BCUT2D eigenvalue weighted by Crippen LogP contribution is -2.41. The first-order valence-corrected chi connectivity index (χ1v) is 12.0. The van der Waals surface area contributed by atoms with Crippen LogP contribution in [-0.2, 0) is 4.79 Å². The van der Waals surface area contributed by atoms with E-state index in [1.807, 2.05) is 36.4 Å². The monoisotopic (exact) mass is 512 g/mol. The number of rotatable bonds is 6. The molecule has 35 heavy (non-hydrogen) atoms. The third-order valence-electron chi connectivity index (χ3n) is 6.23. The molecule has 2 amide bonds. The van der Waals surface area contributed by atoms with Gasteiger partial charge in [-0.25, -0.2) is 4.98 Å². The van der Waals surface area contributed by atoms with E-state index in [-0.39, 0.29) is 30.1 Å². The summed E-state index contributed by atoms with van der Waals surface area (Å²) in [6.07, 6.45) is 3.09. The Morgan fingerprint density at radius 2 is 1.69 bits per heavy atom. The van der Waals surface area contributed by atoms with Gasteiger partial charge in [0.25, 0.3) is 5.91 Å². The van der Waals surface area contributed by atoms with Gasteiger partial charge in [0.2, 0.25) is 5.91 Å². The van der Waals surface area contributed by atoms with Crippen molar-refractivity contribution in [1.82, 2.24) is 9.88 Å². The number of nitrogens with zero attached hydrogens (tertiary/aromatic N) is 2. The Kier molecular flexibility index (Phi) is 9.26. The summed E-state index contributed by atoms with van der Waals surface area (Å²) in [7, 11) is 0. The minimum absolute atomic E-state index is 0. The lowest BCUT2D eigenvalue weighted by molar-refractivity contribution is -0.121. The normalized spacial score (nSPS) is 14.3. The van der Waals surface area contributed by atoms with Gasteiger partial charge in [-0.05, 0) is 75.2 Å². The van der Waals surface area contributed by atoms with E-state index >= 15 is 0 Å². The van der Waals surface area contributed by atoms with E-state index in [0.29, 0.717) is 28.1 Å². The number of hydrogen-bond donors (Lipinski definition) is 2. The van der Waals surface area contributed by atoms with Gasteiger partial charge in [0.15, 0.2) is 0 Å². The fraction of sp³-hybridized carbons (Fsp3) is 0.296. The Balaban J connectivity index is 0.00000342. The summed E-state index contributed by atoms with van der Waals surface area (Å²) in [6.45, 7) is 6.15. The summed E-state index contributed by atoms with van der Waals surface area (Å²) in [6, 6.07) is 19.1. The number of halogens is 2. The third-order valence-corrected chi connectivity index (χ3v) is 6.45. The number of amides is 2. The van der Waals surface area contributed by atoms with Gasteiger partial charge >= 0.3 is 0 Å². The average Bonchev–Trinajstić information content (AvgIpc) is 2.86. The molecule has 2 aromatic carbocycles. The van der Waals surface area contributed by atoms with E-state index in [0.717, 1.165) is 37.1 Å². The van der Waals surface area contributed by atoms with Gasteiger partial charge in [0.1, 0.15) is 5.82 Å². The highest BCUT2D eigenvalue weighted by atomic mass is 35.5. The molecule has 0 bridgehead atoms. The zero-order chi connectivity index (χ0) is 24.1. The molecular weight excluding hydrogens is 483 g/mol. The van der Waals surface area contributed by atoms with Crippen LogP contribution in [0, 0.1) is 5.92 Å². The average molecular weight is 513 g/mol. The summed E-state index contributed by atoms with van der Waals surface area (Å²) >= 11 is 5.91. The van der Waals surface area contributed by atoms with Crippen molar-refractivity contribution in [2.45, 2.75) is 32.7 Å². The molecule has 0 atom stereocenters. The maximum atomic E-state index is 13.2. The predicted molar refractivity (Wildman–Crippen MR) is 144 cm³/mol. The zero-order valence-corrected chi connectivity index (χ0v) is 21.4. The molecule has 0 radical (unpaired) electrons. The minimum atomic E-state index is -0.350. The number of carbonyl (C=O) groups excluding carboxylic acids is 2. The molecule has 0 unspecified atom stereocenters. The van der Waals surface area contributed by atoms with Crippen molar-refractivity contribution in [3.05, 3.63) is 77.4 Å². The number of piperidine rings is 1. The van der Waals surface area contributed by atoms with Crippen LogP contribution >= 0.6 is 24.0 Å². The first-order chi connectivity index (χ1) is 16.4. The Morgan fingerprint density at radius 1 is 0.971 bits per heavy atom. The van der Waals surface area contributed by atoms with Crippen molar-refractivity contribution >= 4 is 47.3 Å². The number of benzene rings is 2. The van der Waals surface area contributed by atoms with Gasteiger partial charge in [-0.3, -0.25) is 9.59 Å². The van der Waals surface area contributed by atoms with Crippen LogP contribution in [-0.4, -0.2) is 40.8 Å². The van der Waals surface area contributed by atoms with Gasteiger partial charge in [0.05, 0.1) is 16.3 Å². The van der Waals surface area contributed by atoms with Crippen LogP contribution in [0.1, 0.15) is 37.0 Å². The summed E-state index contributed by atoms with van der Waals surface area (Å²) in [5.41, 5.74) is 2.74. The van der Waals surface area contributed by atoms with Crippen molar-refractivity contribution in [2.24, 2.45) is 5.92 Å². The van der Waals surface area contributed by atoms with Crippen LogP contribution in [0.15, 0.2) is 66.9 Å². The molecule has 1 aliphatic rings. The van der Waals surface area contributed by atoms with Crippen LogP contribution in [0.3, 0.4) is 0 Å². The predicted octanol–water partition coefficient (Wildman–Crippen LogP) is 6.14. The molecule has 0 spiro atoms. The van der Waals surface area contributed by atoms with Crippen molar-refractivity contribution in [3.8, 4) is 11.1 Å². The quantitative estimate of drug-likeness (QED) is 0.416. The summed E-state index contributed by atoms with van der Waals surface area (Å²) in [5.74, 6) is -0.0810. The third kappa shape index (κ3) is 6.82. The molecule has 1 aromatic heterocycles. The number of hydrogen-bond acceptors (Lipinski definition) is 4. The highest BCUT2D eigenvalue weighted by Crippen LogP contribution is 2.28. The van der Waals surface area contributed by atoms with Gasteiger partial charge < -0.3 is 15.5 Å². The molecule has 184 valence electrons. The Morgan fingerprint density at radius 3 is 2.31 bits per heavy atom. The van der Waals surface area contributed by atoms with Crippen molar-refractivity contribution < 1.29 is 9.59 Å². The maximum absolute atomic E-state index is 13.2. The summed E-state index contributed by atoms with van der Waals surface area (Å²) < 4.78 is 0. The first-order valence-electron chi connectivity index (χ1n) is 11.6. The lowest BCUT2D eigenvalue weighted by Gasteiger charge is -2.34. The topological polar surface area (TPSA) is 74.3 Å². The largest absolute Gasteiger partial charge is 0.325 e. The van der Waals surface area contributed by atoms with E-state index in [2.05, 4.69) is 34.4 Å². The zero-order valence-electron chi connectivity index (χ0n) is 19.8. The minimum Gasteiger partial charge on any atom is -0.325 e. The molecule has 8 heteroatoms. The number of carbonyl (C=O) groups is 2. The van der Waals surface area contributed by atoms with Crippen LogP contribution in [0.4, 0.5) is 11.5 Å². The Bertz CT molecular complexity index is 1150. The second kappa shape index (κ2) is 12.2. The molecule has 1 fully saturated rings. The van der Waals surface area contributed by atoms with Gasteiger partial charge in [-0.1, -0.05) is 48.0 Å². The van der Waals surface area contributed by atoms with Crippen LogP contribution in [0.2, 0.25) is 5.02 Å². The molecule has 1 saturated heterocycles. The summed E-state index contributed by atoms with van der Waals surface area (Å²) in [4.78, 5) is 32.9. The highest BCUT2D eigenvalue weighted by Gasteiger charge is 2.27. The molecule has 0 saturated carbocycles. The van der Waals surface area contributed by atoms with Crippen molar-refractivity contribution in [2.75, 3.05) is 23.7 Å². The number of nitrogens with one attached hydrogen (secondary N) is 2. The van der Waals surface area contributed by atoms with Crippen LogP contribution in [0.25, 0.3) is 11.1 Å². The fourth-order valence-corrected chi connectivity index (χ4v) is 4.31. The molecule has 1 aliphatic heterocycles. The number of anilines is 2. The van der Waals surface area contributed by atoms with Gasteiger partial charge in [-0.15, -0.1) is 12.4 Å². The van der Waals surface area contributed by atoms with Crippen molar-refractivity contribution in [3.63, 3.8) is 0 Å². The smallest absolute Gasteiger partial charge is 0.258 e. The fourth-order valence-electron chi connectivity index (χ4n) is 4.20. The van der Waals surface area contributed by atoms with E-state index in [1.54, 1.807) is 24.3 Å². The molecule has 4 rings (SSSR count). The molecular formula is C27H30Cl2N4O2. The highest BCUT2D eigenvalue weighted by molar-refractivity contribution is 6.30. The van der Waals surface area contributed by atoms with Crippen LogP contribution < -0.4 is 10.6 Å². The molecule has 3 aromatic rings. The summed E-state index contributed by atoms with van der Waals surface area (Å²) in [5, 5.41) is 6.31. The standard InChI is InChI=1S/C27H29ClN4O2.ClH/c1-18(2)32-14-12-20(13-15-32)26(33)30-24-10-8-21(19-6-4-3-5-7-19)16-23(24)27(34)31-25-11-9-22(28)17-29-25;/h3-11,16-18,20H,12-15H2,1-2H3,(H,30,33)(H,29,31,34);1H. The molecule has 0 aliphatic carbocycles. The first kappa shape index (κ1) is 26.7. The number of pyridine rings is 1. The van der Waals surface area contributed by atoms with Gasteiger partial charge in [-0.2, -0.15) is 0 Å². The Hall–Kier alpha value is -2.93. The Labute approximate surface area is 217 Å². The lowest BCUT2D eigenvalue weighted by atomic mass is 9.94. The second-order valence-corrected chi connectivity index (χ2v) is 9.27. The van der Waals surface area contributed by atoms with Crippen molar-refractivity contribution in [1.29, 1.82) is 0 Å². The maximum Gasteiger partial charge on any atom is 0.258 e. The van der Waals surface area contributed by atoms with Gasteiger partial charge in [0, 0.05) is 18.2 Å². The van der Waals surface area contributed by atoms with E-state index in [9.17, 15) is 9.59 Å². The SMILES string of the molecule is CC(C)N1CCC(C(=O)Nc2ccc(-c3ccccc3)cc2C(=O)Nc2ccc(Cl)cn2)CC1.Cl. The molecule has 2 heterocycles. The van der Waals surface area contributed by atoms with E-state index < -0.39 is 0 Å². The molecule has 6 nitrogen and oxygen atoms in total. The number of likely N-dealkylation sites (tertiary alicyclic amines) is 1. The van der Waals surface area contributed by atoms with Crippen LogP contribution in [0.5, 0.6) is 0 Å². The number of aromatic nitrogens is 1. The second-order valence-electron chi connectivity index (χ2n) is 8.84. The van der Waals surface area contributed by atoms with E-state index in [4.69, 9.17) is 11.6 Å².